The van der Waals surface area contributed by atoms with Gasteiger partial charge in [0.05, 0.1) is 23.5 Å². The lowest BCUT2D eigenvalue weighted by molar-refractivity contribution is 0.265. The lowest BCUT2D eigenvalue weighted by atomic mass is 10.3. The van der Waals surface area contributed by atoms with Crippen molar-refractivity contribution in [3.8, 4) is 0 Å². The normalized spacial score (nSPS) is 17.8. The number of aliphatic hydroxyl groups excluding tert-OH is 1. The van der Waals surface area contributed by atoms with Gasteiger partial charge in [0.2, 0.25) is 0 Å². The van der Waals surface area contributed by atoms with E-state index in [4.69, 9.17) is 5.73 Å². The Bertz CT molecular complexity index is 368. The molecule has 1 aliphatic rings. The molecule has 5 nitrogen and oxygen atoms in total. The van der Waals surface area contributed by atoms with Crippen LogP contribution in [-0.4, -0.2) is 27.0 Å². The zero-order valence-corrected chi connectivity index (χ0v) is 9.25. The van der Waals surface area contributed by atoms with Gasteiger partial charge in [0, 0.05) is 6.54 Å². The SMILES string of the molecule is CCn1nc(C)c(N)c1NC1(CO)CC1. The summed E-state index contributed by atoms with van der Waals surface area (Å²) < 4.78 is 1.85. The molecule has 0 bridgehead atoms. The number of aromatic nitrogens is 2. The smallest absolute Gasteiger partial charge is 0.148 e. The second-order valence-electron chi connectivity index (χ2n) is 4.23. The molecule has 0 aliphatic heterocycles. The van der Waals surface area contributed by atoms with E-state index in [0.717, 1.165) is 30.9 Å². The Labute approximate surface area is 89.3 Å². The van der Waals surface area contributed by atoms with Crippen LogP contribution in [0.5, 0.6) is 0 Å². The lowest BCUT2D eigenvalue weighted by Crippen LogP contribution is -2.27. The molecule has 1 heterocycles. The van der Waals surface area contributed by atoms with Gasteiger partial charge in [-0.3, -0.25) is 0 Å². The third-order valence-electron chi connectivity index (χ3n) is 3.01. The van der Waals surface area contributed by atoms with E-state index in [-0.39, 0.29) is 12.1 Å². The molecule has 0 unspecified atom stereocenters. The lowest BCUT2D eigenvalue weighted by Gasteiger charge is -2.17. The largest absolute Gasteiger partial charge is 0.394 e. The summed E-state index contributed by atoms with van der Waals surface area (Å²) in [5.74, 6) is 0.849. The molecule has 1 aromatic rings. The van der Waals surface area contributed by atoms with Gasteiger partial charge in [-0.1, -0.05) is 0 Å². The summed E-state index contributed by atoms with van der Waals surface area (Å²) in [6.45, 7) is 4.85. The predicted octanol–water partition coefficient (Wildman–Crippen LogP) is 0.730. The number of aliphatic hydroxyl groups is 1. The molecule has 0 atom stereocenters. The number of aryl methyl sites for hydroxylation is 2. The van der Waals surface area contributed by atoms with Crippen LogP contribution in [0.1, 0.15) is 25.5 Å². The Kier molecular flexibility index (Phi) is 2.34. The topological polar surface area (TPSA) is 76.1 Å². The Morgan fingerprint density at radius 3 is 2.73 bits per heavy atom. The first-order chi connectivity index (χ1) is 7.12. The molecular weight excluding hydrogens is 192 g/mol. The second kappa shape index (κ2) is 3.41. The van der Waals surface area contributed by atoms with Crippen molar-refractivity contribution in [3.63, 3.8) is 0 Å². The summed E-state index contributed by atoms with van der Waals surface area (Å²) in [4.78, 5) is 0. The van der Waals surface area contributed by atoms with Gasteiger partial charge in [-0.2, -0.15) is 5.10 Å². The molecule has 5 heteroatoms. The number of rotatable bonds is 4. The van der Waals surface area contributed by atoms with Gasteiger partial charge in [-0.15, -0.1) is 0 Å². The highest BCUT2D eigenvalue weighted by molar-refractivity contribution is 5.66. The second-order valence-corrected chi connectivity index (χ2v) is 4.23. The first-order valence-electron chi connectivity index (χ1n) is 5.34. The van der Waals surface area contributed by atoms with Crippen molar-refractivity contribution in [2.75, 3.05) is 17.7 Å². The Morgan fingerprint density at radius 1 is 1.60 bits per heavy atom. The molecule has 0 amide bonds. The molecule has 0 radical (unpaired) electrons. The minimum absolute atomic E-state index is 0.145. The third kappa shape index (κ3) is 1.67. The molecule has 2 rings (SSSR count). The predicted molar refractivity (Wildman–Crippen MR) is 59.7 cm³/mol. The van der Waals surface area contributed by atoms with Crippen molar-refractivity contribution < 1.29 is 5.11 Å². The Morgan fingerprint density at radius 2 is 2.27 bits per heavy atom. The van der Waals surface area contributed by atoms with Crippen LogP contribution in [0.15, 0.2) is 0 Å². The van der Waals surface area contributed by atoms with Crippen molar-refractivity contribution >= 4 is 11.5 Å². The molecule has 15 heavy (non-hydrogen) atoms. The first kappa shape index (κ1) is 10.3. The van der Waals surface area contributed by atoms with Gasteiger partial charge in [0.15, 0.2) is 0 Å². The van der Waals surface area contributed by atoms with Crippen molar-refractivity contribution in [2.45, 2.75) is 38.8 Å². The van der Waals surface area contributed by atoms with Crippen LogP contribution in [0.25, 0.3) is 0 Å². The van der Waals surface area contributed by atoms with E-state index >= 15 is 0 Å². The zero-order chi connectivity index (χ0) is 11.1. The summed E-state index contributed by atoms with van der Waals surface area (Å²) in [6.07, 6.45) is 1.99. The quantitative estimate of drug-likeness (QED) is 0.684. The Hall–Kier alpha value is -1.23. The summed E-state index contributed by atoms with van der Waals surface area (Å²) in [5.41, 5.74) is 7.33. The van der Waals surface area contributed by atoms with E-state index < -0.39 is 0 Å². The fourth-order valence-electron chi connectivity index (χ4n) is 1.68. The van der Waals surface area contributed by atoms with Crippen LogP contribution < -0.4 is 11.1 Å². The van der Waals surface area contributed by atoms with Gasteiger partial charge in [-0.25, -0.2) is 4.68 Å². The molecule has 1 aliphatic carbocycles. The van der Waals surface area contributed by atoms with Crippen LogP contribution in [0.2, 0.25) is 0 Å². The minimum Gasteiger partial charge on any atom is -0.394 e. The summed E-state index contributed by atoms with van der Waals surface area (Å²) in [7, 11) is 0. The molecule has 1 aromatic heterocycles. The van der Waals surface area contributed by atoms with Gasteiger partial charge >= 0.3 is 0 Å². The van der Waals surface area contributed by atoms with Crippen LogP contribution in [0.3, 0.4) is 0 Å². The number of nitrogens with zero attached hydrogens (tertiary/aromatic N) is 2. The monoisotopic (exact) mass is 210 g/mol. The zero-order valence-electron chi connectivity index (χ0n) is 9.25. The third-order valence-corrected chi connectivity index (χ3v) is 3.01. The molecule has 1 saturated carbocycles. The molecule has 0 spiro atoms. The number of nitrogens with two attached hydrogens (primary N) is 1. The van der Waals surface area contributed by atoms with Crippen LogP contribution in [-0.2, 0) is 6.54 Å². The number of nitrogens with one attached hydrogen (secondary N) is 1. The first-order valence-corrected chi connectivity index (χ1v) is 5.34. The van der Waals surface area contributed by atoms with Crippen LogP contribution in [0, 0.1) is 6.92 Å². The summed E-state index contributed by atoms with van der Waals surface area (Å²) in [5, 5.41) is 16.9. The molecule has 4 N–H and O–H groups in total. The minimum atomic E-state index is -0.145. The van der Waals surface area contributed by atoms with Crippen molar-refractivity contribution in [1.29, 1.82) is 0 Å². The highest BCUT2D eigenvalue weighted by Gasteiger charge is 2.43. The average Bonchev–Trinajstić information content (AvgIpc) is 2.97. The van der Waals surface area contributed by atoms with E-state index in [0.29, 0.717) is 5.69 Å². The molecule has 0 saturated heterocycles. The van der Waals surface area contributed by atoms with Gasteiger partial charge in [-0.05, 0) is 26.7 Å². The molecule has 0 aromatic carbocycles. The van der Waals surface area contributed by atoms with Gasteiger partial charge in [0.25, 0.3) is 0 Å². The fourth-order valence-corrected chi connectivity index (χ4v) is 1.68. The molecule has 1 fully saturated rings. The van der Waals surface area contributed by atoms with Crippen molar-refractivity contribution in [2.24, 2.45) is 0 Å². The van der Waals surface area contributed by atoms with E-state index in [1.54, 1.807) is 0 Å². The van der Waals surface area contributed by atoms with Gasteiger partial charge < -0.3 is 16.2 Å². The van der Waals surface area contributed by atoms with E-state index in [1.165, 1.54) is 0 Å². The molecule has 84 valence electrons. The maximum Gasteiger partial charge on any atom is 0.148 e. The number of anilines is 2. The fraction of sp³-hybridized carbons (Fsp3) is 0.700. The van der Waals surface area contributed by atoms with E-state index in [2.05, 4.69) is 10.4 Å². The van der Waals surface area contributed by atoms with Crippen LogP contribution >= 0.6 is 0 Å². The Balaban J connectivity index is 2.26. The average molecular weight is 210 g/mol. The van der Waals surface area contributed by atoms with E-state index in [1.807, 2.05) is 18.5 Å². The summed E-state index contributed by atoms with van der Waals surface area (Å²) in [6, 6.07) is 0. The van der Waals surface area contributed by atoms with Crippen LogP contribution in [0.4, 0.5) is 11.5 Å². The van der Waals surface area contributed by atoms with Crippen molar-refractivity contribution in [1.82, 2.24) is 9.78 Å². The maximum absolute atomic E-state index is 9.25. The number of nitrogen functional groups attached to an aromatic ring is 1. The van der Waals surface area contributed by atoms with Crippen molar-refractivity contribution in [3.05, 3.63) is 5.69 Å². The summed E-state index contributed by atoms with van der Waals surface area (Å²) >= 11 is 0. The van der Waals surface area contributed by atoms with E-state index in [9.17, 15) is 5.11 Å². The maximum atomic E-state index is 9.25. The highest BCUT2D eigenvalue weighted by Crippen LogP contribution is 2.40. The number of hydrogen-bond acceptors (Lipinski definition) is 4. The highest BCUT2D eigenvalue weighted by atomic mass is 16.3. The van der Waals surface area contributed by atoms with Gasteiger partial charge in [0.1, 0.15) is 5.82 Å². The standard InChI is InChI=1S/C10H18N4O/c1-3-14-9(8(11)7(2)13-14)12-10(6-15)4-5-10/h12,15H,3-6,11H2,1-2H3. The number of hydrogen-bond donors (Lipinski definition) is 3. The molecular formula is C10H18N4O.